The summed E-state index contributed by atoms with van der Waals surface area (Å²) in [5, 5.41) is 0. The average Bonchev–Trinajstić information content (AvgIpc) is 2.82. The van der Waals surface area contributed by atoms with Crippen molar-refractivity contribution in [3.63, 3.8) is 0 Å². The highest BCUT2D eigenvalue weighted by molar-refractivity contribution is 7.18. The second-order valence-electron chi connectivity index (χ2n) is 4.60. The molecule has 1 aromatic carbocycles. The Balaban J connectivity index is 2.03. The second-order valence-corrected chi connectivity index (χ2v) is 6.32. The highest BCUT2D eigenvalue weighted by atomic mass is 35.5. The molecular formula is C15H12ClNO2S. The fraction of sp³-hybridized carbons (Fsp3) is 0.200. The molecule has 2 heterocycles. The standard InChI is InChI=1S/C15H12ClNO2S/c16-14-8-7-13(20-14)15(19)17-9-3-6-12(18)10-4-1-2-5-11(10)17/h1-2,4-5,7-8H,3,6,9H2. The highest BCUT2D eigenvalue weighted by Crippen LogP contribution is 2.30. The van der Waals surface area contributed by atoms with Crippen LogP contribution in [-0.2, 0) is 0 Å². The first kappa shape index (κ1) is 13.3. The quantitative estimate of drug-likeness (QED) is 0.798. The topological polar surface area (TPSA) is 37.4 Å². The molecule has 1 amide bonds. The third-order valence-electron chi connectivity index (χ3n) is 3.31. The molecule has 0 atom stereocenters. The number of hydrogen-bond donors (Lipinski definition) is 0. The van der Waals surface area contributed by atoms with Crippen molar-refractivity contribution in [1.82, 2.24) is 0 Å². The lowest BCUT2D eigenvalue weighted by Crippen LogP contribution is -2.31. The lowest BCUT2D eigenvalue weighted by atomic mass is 10.1. The molecule has 1 aromatic heterocycles. The summed E-state index contributed by atoms with van der Waals surface area (Å²) in [4.78, 5) is 26.9. The zero-order valence-electron chi connectivity index (χ0n) is 10.6. The smallest absolute Gasteiger partial charge is 0.268 e. The normalized spacial score (nSPS) is 14.8. The number of ketones is 1. The van der Waals surface area contributed by atoms with Crippen LogP contribution in [0.5, 0.6) is 0 Å². The van der Waals surface area contributed by atoms with E-state index in [4.69, 9.17) is 11.6 Å². The fourth-order valence-electron chi connectivity index (χ4n) is 2.37. The van der Waals surface area contributed by atoms with E-state index in [1.807, 2.05) is 18.2 Å². The lowest BCUT2D eigenvalue weighted by molar-refractivity contribution is 0.0975. The number of hydrogen-bond acceptors (Lipinski definition) is 3. The number of nitrogens with zero attached hydrogens (tertiary/aromatic N) is 1. The predicted molar refractivity (Wildman–Crippen MR) is 81.0 cm³/mol. The van der Waals surface area contributed by atoms with E-state index >= 15 is 0 Å². The van der Waals surface area contributed by atoms with Gasteiger partial charge in [0.2, 0.25) is 0 Å². The van der Waals surface area contributed by atoms with Gasteiger partial charge >= 0.3 is 0 Å². The molecule has 0 fully saturated rings. The van der Waals surface area contributed by atoms with Crippen LogP contribution in [0.3, 0.4) is 0 Å². The molecule has 1 aliphatic heterocycles. The van der Waals surface area contributed by atoms with Gasteiger partial charge in [-0.3, -0.25) is 9.59 Å². The molecule has 3 nitrogen and oxygen atoms in total. The zero-order chi connectivity index (χ0) is 14.1. The summed E-state index contributed by atoms with van der Waals surface area (Å²) in [6.45, 7) is 0.553. The minimum Gasteiger partial charge on any atom is -0.307 e. The van der Waals surface area contributed by atoms with E-state index in [0.29, 0.717) is 39.9 Å². The number of Topliss-reactive ketones (excluding diaryl/α,β-unsaturated/α-hetero) is 1. The van der Waals surface area contributed by atoms with E-state index in [9.17, 15) is 9.59 Å². The van der Waals surface area contributed by atoms with Crippen molar-refractivity contribution in [2.24, 2.45) is 0 Å². The number of carbonyl (C=O) groups is 2. The van der Waals surface area contributed by atoms with Crippen LogP contribution < -0.4 is 4.90 Å². The number of fused-ring (bicyclic) bond motifs is 1. The zero-order valence-corrected chi connectivity index (χ0v) is 12.2. The Hall–Kier alpha value is -1.65. The molecule has 5 heteroatoms. The molecule has 2 aromatic rings. The molecule has 0 spiro atoms. The third-order valence-corrected chi connectivity index (χ3v) is 4.53. The van der Waals surface area contributed by atoms with E-state index in [-0.39, 0.29) is 11.7 Å². The van der Waals surface area contributed by atoms with Gasteiger partial charge < -0.3 is 4.90 Å². The number of thiophene rings is 1. The van der Waals surface area contributed by atoms with Crippen molar-refractivity contribution in [1.29, 1.82) is 0 Å². The Morgan fingerprint density at radius 1 is 1.20 bits per heavy atom. The maximum absolute atomic E-state index is 12.6. The maximum Gasteiger partial charge on any atom is 0.268 e. The number of amides is 1. The Morgan fingerprint density at radius 2 is 2.00 bits per heavy atom. The monoisotopic (exact) mass is 305 g/mol. The maximum atomic E-state index is 12.6. The summed E-state index contributed by atoms with van der Waals surface area (Å²) in [6, 6.07) is 10.7. The van der Waals surface area contributed by atoms with E-state index in [2.05, 4.69) is 0 Å². The van der Waals surface area contributed by atoms with Crippen molar-refractivity contribution >= 4 is 40.3 Å². The number of anilines is 1. The predicted octanol–water partition coefficient (Wildman–Crippen LogP) is 4.02. The van der Waals surface area contributed by atoms with E-state index in [1.165, 1.54) is 11.3 Å². The van der Waals surface area contributed by atoms with Crippen LogP contribution >= 0.6 is 22.9 Å². The number of halogens is 1. The SMILES string of the molecule is O=C1CCCN(C(=O)c2ccc(Cl)s2)c2ccccc21. The van der Waals surface area contributed by atoms with Crippen molar-refractivity contribution in [3.8, 4) is 0 Å². The van der Waals surface area contributed by atoms with E-state index < -0.39 is 0 Å². The van der Waals surface area contributed by atoms with Crippen LogP contribution in [0.1, 0.15) is 32.9 Å². The summed E-state index contributed by atoms with van der Waals surface area (Å²) in [5.74, 6) is 0.00385. The van der Waals surface area contributed by atoms with Crippen molar-refractivity contribution in [3.05, 3.63) is 51.2 Å². The van der Waals surface area contributed by atoms with Gasteiger partial charge in [0, 0.05) is 18.5 Å². The summed E-state index contributed by atoms with van der Waals surface area (Å²) in [5.41, 5.74) is 1.32. The molecule has 3 rings (SSSR count). The minimum absolute atomic E-state index is 0.0935. The van der Waals surface area contributed by atoms with Crippen LogP contribution in [0, 0.1) is 0 Å². The minimum atomic E-state index is -0.0935. The summed E-state index contributed by atoms with van der Waals surface area (Å²) < 4.78 is 0.590. The van der Waals surface area contributed by atoms with Gasteiger partial charge in [0.15, 0.2) is 5.78 Å². The molecule has 102 valence electrons. The molecule has 0 N–H and O–H groups in total. The molecule has 0 unspecified atom stereocenters. The van der Waals surface area contributed by atoms with Crippen molar-refractivity contribution in [2.75, 3.05) is 11.4 Å². The van der Waals surface area contributed by atoms with Crippen LogP contribution in [0.25, 0.3) is 0 Å². The van der Waals surface area contributed by atoms with Crippen molar-refractivity contribution < 1.29 is 9.59 Å². The average molecular weight is 306 g/mol. The Bertz CT molecular complexity index is 680. The number of carbonyl (C=O) groups excluding carboxylic acids is 2. The van der Waals surface area contributed by atoms with Crippen LogP contribution in [0.15, 0.2) is 36.4 Å². The largest absolute Gasteiger partial charge is 0.307 e. The van der Waals surface area contributed by atoms with Gasteiger partial charge in [0.05, 0.1) is 14.9 Å². The number of para-hydroxylation sites is 1. The lowest BCUT2D eigenvalue weighted by Gasteiger charge is -2.21. The van der Waals surface area contributed by atoms with Gasteiger partial charge in [-0.25, -0.2) is 0 Å². The van der Waals surface area contributed by atoms with Crippen LogP contribution in [0.2, 0.25) is 4.34 Å². The van der Waals surface area contributed by atoms with Crippen LogP contribution in [0.4, 0.5) is 5.69 Å². The molecular weight excluding hydrogens is 294 g/mol. The van der Waals surface area contributed by atoms with Crippen molar-refractivity contribution in [2.45, 2.75) is 12.8 Å². The van der Waals surface area contributed by atoms with Gasteiger partial charge in [-0.15, -0.1) is 11.3 Å². The molecule has 0 radical (unpaired) electrons. The second kappa shape index (κ2) is 5.38. The van der Waals surface area contributed by atoms with E-state index in [1.54, 1.807) is 23.1 Å². The third kappa shape index (κ3) is 2.37. The fourth-order valence-corrected chi connectivity index (χ4v) is 3.36. The van der Waals surface area contributed by atoms with Gasteiger partial charge in [-0.2, -0.15) is 0 Å². The van der Waals surface area contributed by atoms with E-state index in [0.717, 1.165) is 0 Å². The van der Waals surface area contributed by atoms with Gasteiger partial charge in [-0.1, -0.05) is 23.7 Å². The molecule has 0 aliphatic carbocycles. The van der Waals surface area contributed by atoms with Gasteiger partial charge in [0.1, 0.15) is 0 Å². The Labute approximate surface area is 125 Å². The highest BCUT2D eigenvalue weighted by Gasteiger charge is 2.26. The Morgan fingerprint density at radius 3 is 2.75 bits per heavy atom. The first-order valence-corrected chi connectivity index (χ1v) is 7.55. The summed E-state index contributed by atoms with van der Waals surface area (Å²) >= 11 is 7.15. The summed E-state index contributed by atoms with van der Waals surface area (Å²) in [6.07, 6.45) is 1.16. The van der Waals surface area contributed by atoms with Gasteiger partial charge in [0.25, 0.3) is 5.91 Å². The van der Waals surface area contributed by atoms with Gasteiger partial charge in [-0.05, 0) is 30.7 Å². The number of rotatable bonds is 1. The first-order chi connectivity index (χ1) is 9.66. The first-order valence-electron chi connectivity index (χ1n) is 6.36. The molecule has 0 saturated carbocycles. The molecule has 0 bridgehead atoms. The summed E-state index contributed by atoms with van der Waals surface area (Å²) in [7, 11) is 0. The Kier molecular flexibility index (Phi) is 3.59. The molecule has 0 saturated heterocycles. The van der Waals surface area contributed by atoms with Crippen LogP contribution in [-0.4, -0.2) is 18.2 Å². The molecule has 20 heavy (non-hydrogen) atoms. The molecule has 1 aliphatic rings. The number of benzene rings is 1.